The summed E-state index contributed by atoms with van der Waals surface area (Å²) in [6, 6.07) is 0. The summed E-state index contributed by atoms with van der Waals surface area (Å²) in [6.45, 7) is 6.39. The summed E-state index contributed by atoms with van der Waals surface area (Å²) in [5, 5.41) is 0. The van der Waals surface area contributed by atoms with Gasteiger partial charge in [0.25, 0.3) is 0 Å². The van der Waals surface area contributed by atoms with Gasteiger partial charge in [0.2, 0.25) is 0 Å². The normalized spacial score (nSPS) is 33.4. The standard InChI is InChI=1S/C15H24/c1-4-7-13-10-11-14(8-5-2)15(12-13)9-6-3/h4-9,13-15H,10-12H2,1-3H3/b7-4-,8-5-,9-6-. The Morgan fingerprint density at radius 1 is 0.733 bits per heavy atom. The van der Waals surface area contributed by atoms with E-state index in [0.717, 1.165) is 17.8 Å². The van der Waals surface area contributed by atoms with Crippen LogP contribution in [-0.2, 0) is 0 Å². The van der Waals surface area contributed by atoms with Crippen LogP contribution in [0.15, 0.2) is 36.5 Å². The predicted octanol–water partition coefficient (Wildman–Crippen LogP) is 4.75. The molecule has 0 aromatic carbocycles. The van der Waals surface area contributed by atoms with Gasteiger partial charge in [-0.15, -0.1) is 0 Å². The SMILES string of the molecule is C/C=C\C1CCC(/C=C\C)C(/C=C\C)C1. The lowest BCUT2D eigenvalue weighted by atomic mass is 9.73. The molecule has 3 unspecified atom stereocenters. The fourth-order valence-corrected chi connectivity index (χ4v) is 2.66. The highest BCUT2D eigenvalue weighted by Gasteiger charge is 2.25. The second kappa shape index (κ2) is 6.66. The lowest BCUT2D eigenvalue weighted by Gasteiger charge is -2.31. The molecule has 0 amide bonds. The second-order valence-electron chi connectivity index (χ2n) is 4.48. The van der Waals surface area contributed by atoms with Gasteiger partial charge >= 0.3 is 0 Å². The van der Waals surface area contributed by atoms with Crippen LogP contribution in [0.5, 0.6) is 0 Å². The van der Waals surface area contributed by atoms with Gasteiger partial charge in [0.05, 0.1) is 0 Å². The third kappa shape index (κ3) is 3.70. The average Bonchev–Trinajstić information content (AvgIpc) is 2.23. The zero-order valence-corrected chi connectivity index (χ0v) is 10.3. The monoisotopic (exact) mass is 204 g/mol. The molecule has 0 heterocycles. The van der Waals surface area contributed by atoms with Crippen molar-refractivity contribution in [2.45, 2.75) is 40.0 Å². The Bertz CT molecular complexity index is 245. The summed E-state index contributed by atoms with van der Waals surface area (Å²) in [6.07, 6.45) is 17.8. The minimum Gasteiger partial charge on any atom is -0.0914 e. The van der Waals surface area contributed by atoms with Crippen molar-refractivity contribution >= 4 is 0 Å². The summed E-state index contributed by atoms with van der Waals surface area (Å²) in [7, 11) is 0. The van der Waals surface area contributed by atoms with E-state index >= 15 is 0 Å². The molecule has 3 atom stereocenters. The van der Waals surface area contributed by atoms with Crippen LogP contribution in [0.1, 0.15) is 40.0 Å². The van der Waals surface area contributed by atoms with E-state index in [1.807, 2.05) is 0 Å². The third-order valence-corrected chi connectivity index (χ3v) is 3.34. The van der Waals surface area contributed by atoms with Gasteiger partial charge < -0.3 is 0 Å². The van der Waals surface area contributed by atoms with Gasteiger partial charge in [-0.1, -0.05) is 36.5 Å². The van der Waals surface area contributed by atoms with E-state index in [1.165, 1.54) is 19.3 Å². The zero-order valence-electron chi connectivity index (χ0n) is 10.3. The van der Waals surface area contributed by atoms with E-state index in [2.05, 4.69) is 57.2 Å². The van der Waals surface area contributed by atoms with Crippen LogP contribution in [0.25, 0.3) is 0 Å². The van der Waals surface area contributed by atoms with Gasteiger partial charge in [0.15, 0.2) is 0 Å². The quantitative estimate of drug-likeness (QED) is 0.582. The molecule has 0 aromatic heterocycles. The molecule has 0 aliphatic heterocycles. The van der Waals surface area contributed by atoms with Crippen molar-refractivity contribution in [3.8, 4) is 0 Å². The summed E-state index contributed by atoms with van der Waals surface area (Å²) in [5.74, 6) is 2.33. The molecule has 0 nitrogen and oxygen atoms in total. The molecule has 0 spiro atoms. The number of rotatable bonds is 3. The maximum atomic E-state index is 2.39. The molecular weight excluding hydrogens is 180 g/mol. The lowest BCUT2D eigenvalue weighted by molar-refractivity contribution is 0.287. The minimum absolute atomic E-state index is 0.751. The Hall–Kier alpha value is -0.780. The first-order valence-electron chi connectivity index (χ1n) is 6.20. The maximum absolute atomic E-state index is 2.39. The first-order valence-corrected chi connectivity index (χ1v) is 6.20. The molecule has 1 aliphatic carbocycles. The van der Waals surface area contributed by atoms with E-state index in [1.54, 1.807) is 0 Å². The van der Waals surface area contributed by atoms with Crippen LogP contribution >= 0.6 is 0 Å². The molecule has 15 heavy (non-hydrogen) atoms. The van der Waals surface area contributed by atoms with Gasteiger partial charge in [0, 0.05) is 0 Å². The van der Waals surface area contributed by atoms with Crippen molar-refractivity contribution in [3.63, 3.8) is 0 Å². The van der Waals surface area contributed by atoms with E-state index in [0.29, 0.717) is 0 Å². The van der Waals surface area contributed by atoms with E-state index in [9.17, 15) is 0 Å². The van der Waals surface area contributed by atoms with Crippen LogP contribution in [0.4, 0.5) is 0 Å². The van der Waals surface area contributed by atoms with Crippen LogP contribution in [-0.4, -0.2) is 0 Å². The summed E-state index contributed by atoms with van der Waals surface area (Å²) >= 11 is 0. The smallest absolute Gasteiger partial charge is 0.0165 e. The van der Waals surface area contributed by atoms with E-state index in [-0.39, 0.29) is 0 Å². The molecule has 0 N–H and O–H groups in total. The highest BCUT2D eigenvalue weighted by atomic mass is 14.3. The highest BCUT2D eigenvalue weighted by Crippen LogP contribution is 2.36. The molecule has 1 rings (SSSR count). The van der Waals surface area contributed by atoms with Crippen molar-refractivity contribution in [1.29, 1.82) is 0 Å². The predicted molar refractivity (Wildman–Crippen MR) is 68.8 cm³/mol. The summed E-state index contributed by atoms with van der Waals surface area (Å²) in [4.78, 5) is 0. The summed E-state index contributed by atoms with van der Waals surface area (Å²) < 4.78 is 0. The van der Waals surface area contributed by atoms with Gasteiger partial charge in [-0.25, -0.2) is 0 Å². The van der Waals surface area contributed by atoms with Crippen LogP contribution in [0.2, 0.25) is 0 Å². The number of hydrogen-bond acceptors (Lipinski definition) is 0. The summed E-state index contributed by atoms with van der Waals surface area (Å²) in [5.41, 5.74) is 0. The Balaban J connectivity index is 2.64. The van der Waals surface area contributed by atoms with Crippen molar-refractivity contribution in [3.05, 3.63) is 36.5 Å². The first kappa shape index (κ1) is 12.3. The minimum atomic E-state index is 0.751. The molecule has 0 bridgehead atoms. The van der Waals surface area contributed by atoms with E-state index in [4.69, 9.17) is 0 Å². The van der Waals surface area contributed by atoms with Crippen molar-refractivity contribution in [2.75, 3.05) is 0 Å². The van der Waals surface area contributed by atoms with Crippen LogP contribution in [0, 0.1) is 17.8 Å². The molecule has 1 aliphatic rings. The molecule has 0 radical (unpaired) electrons. The largest absolute Gasteiger partial charge is 0.0914 e. The Morgan fingerprint density at radius 3 is 1.93 bits per heavy atom. The number of allylic oxidation sites excluding steroid dienone is 6. The Labute approximate surface area is 94.8 Å². The van der Waals surface area contributed by atoms with Gasteiger partial charge in [-0.05, 0) is 57.8 Å². The molecule has 1 saturated carbocycles. The molecule has 1 fully saturated rings. The lowest BCUT2D eigenvalue weighted by Crippen LogP contribution is -2.21. The third-order valence-electron chi connectivity index (χ3n) is 3.34. The molecular formula is C15H24. The van der Waals surface area contributed by atoms with Crippen LogP contribution in [0.3, 0.4) is 0 Å². The fourth-order valence-electron chi connectivity index (χ4n) is 2.66. The van der Waals surface area contributed by atoms with Gasteiger partial charge in [-0.2, -0.15) is 0 Å². The van der Waals surface area contributed by atoms with Crippen molar-refractivity contribution in [1.82, 2.24) is 0 Å². The number of hydrogen-bond donors (Lipinski definition) is 0. The molecule has 0 heteroatoms. The first-order chi connectivity index (χ1) is 7.31. The molecule has 0 saturated heterocycles. The topological polar surface area (TPSA) is 0 Å². The van der Waals surface area contributed by atoms with Crippen LogP contribution < -0.4 is 0 Å². The molecule has 0 aromatic rings. The molecule has 84 valence electrons. The highest BCUT2D eigenvalue weighted by molar-refractivity contribution is 5.03. The zero-order chi connectivity index (χ0) is 11.1. The maximum Gasteiger partial charge on any atom is -0.0165 e. The Morgan fingerprint density at radius 2 is 1.33 bits per heavy atom. The Kier molecular flexibility index (Phi) is 5.45. The average molecular weight is 204 g/mol. The van der Waals surface area contributed by atoms with E-state index < -0.39 is 0 Å². The van der Waals surface area contributed by atoms with Crippen molar-refractivity contribution < 1.29 is 0 Å². The van der Waals surface area contributed by atoms with Crippen molar-refractivity contribution in [2.24, 2.45) is 17.8 Å². The van der Waals surface area contributed by atoms with Gasteiger partial charge in [-0.3, -0.25) is 0 Å². The van der Waals surface area contributed by atoms with Gasteiger partial charge in [0.1, 0.15) is 0 Å². The fraction of sp³-hybridized carbons (Fsp3) is 0.600. The second-order valence-corrected chi connectivity index (χ2v) is 4.48.